The molecule has 30 heteroatoms. The lowest BCUT2D eigenvalue weighted by Gasteiger charge is -2.32. The number of aromatic amines is 1. The number of guanidine groups is 1. The SMILES string of the molecule is CC(=NCCCC[C@H]1NC(=O)[C@@H](Cc2ccccc2)NC(=O)[C@H](CC(C)C)NC(=O)[C@H](CC(=O)O)NC(=O)[C@H]([C@@H](C)O)NC(=O)[C@@H]2CCCN2C(=O)[C@@H](Cc2c[nH]c3ccccc23)NC(=O)[C@H](CC(C)C)NC(=O)[C@H](CCCN=C(N)N)NC(=O)[C@H](C(C)C)NC1=O)C1=C(O)CC(C)(C)CC1=O. The van der Waals surface area contributed by atoms with Gasteiger partial charge >= 0.3 is 5.97 Å². The normalized spacial score (nSPS) is 24.9. The number of carboxylic acid groups (broad SMARTS) is 1. The topological polar surface area (TPSA) is 470 Å². The number of aliphatic hydroxyl groups excluding tert-OH is 2. The van der Waals surface area contributed by atoms with Gasteiger partial charge in [0, 0.05) is 68.1 Å². The Morgan fingerprint density at radius 2 is 1.10 bits per heavy atom. The number of aliphatic hydroxyl groups is 2. The number of aromatic nitrogens is 1. The summed E-state index contributed by atoms with van der Waals surface area (Å²) in [4.78, 5) is 187. The number of nitrogens with two attached hydrogens (primary N) is 2. The lowest BCUT2D eigenvalue weighted by Crippen LogP contribution is -2.62. The number of hydrogen-bond acceptors (Lipinski definition) is 16. The van der Waals surface area contributed by atoms with Gasteiger partial charge in [-0.1, -0.05) is 104 Å². The molecule has 2 fully saturated rings. The van der Waals surface area contributed by atoms with E-state index in [1.807, 2.05) is 26.0 Å². The predicted molar refractivity (Wildman–Crippen MR) is 381 cm³/mol. The number of unbranched alkanes of at least 4 members (excludes halogenated alkanes) is 1. The minimum atomic E-state index is -1.94. The number of benzene rings is 2. The van der Waals surface area contributed by atoms with Gasteiger partial charge in [-0.05, 0) is 112 Å². The van der Waals surface area contributed by atoms with Gasteiger partial charge in [0.25, 0.3) is 0 Å². The molecule has 0 radical (unpaired) electrons. The molecule has 2 aliphatic heterocycles. The van der Waals surface area contributed by atoms with Crippen molar-refractivity contribution in [2.24, 2.45) is 44.6 Å². The molecule has 0 saturated carbocycles. The third kappa shape index (κ3) is 24.0. The first-order valence-corrected chi connectivity index (χ1v) is 35.2. The molecule has 11 atom stereocenters. The molecule has 558 valence electrons. The van der Waals surface area contributed by atoms with E-state index in [1.165, 1.54) is 4.90 Å². The van der Waals surface area contributed by atoms with Crippen molar-refractivity contribution in [1.29, 1.82) is 0 Å². The molecule has 17 N–H and O–H groups in total. The highest BCUT2D eigenvalue weighted by atomic mass is 16.4. The number of amides is 10. The summed E-state index contributed by atoms with van der Waals surface area (Å²) >= 11 is 0. The summed E-state index contributed by atoms with van der Waals surface area (Å²) in [6.45, 7) is 17.0. The van der Waals surface area contributed by atoms with Crippen LogP contribution in [0.15, 0.2) is 82.1 Å². The van der Waals surface area contributed by atoms with Crippen LogP contribution in [0.5, 0.6) is 0 Å². The van der Waals surface area contributed by atoms with Crippen molar-refractivity contribution in [1.82, 2.24) is 57.7 Å². The highest BCUT2D eigenvalue weighted by Gasteiger charge is 2.43. The number of rotatable bonds is 22. The Hall–Kier alpha value is -9.74. The summed E-state index contributed by atoms with van der Waals surface area (Å²) in [5.74, 6) is -12.6. The average Bonchev–Trinajstić information content (AvgIpc) is 1.30. The van der Waals surface area contributed by atoms with Crippen LogP contribution in [0.2, 0.25) is 0 Å². The van der Waals surface area contributed by atoms with Gasteiger partial charge in [-0.2, -0.15) is 0 Å². The predicted octanol–water partition coefficient (Wildman–Crippen LogP) is 1.81. The van der Waals surface area contributed by atoms with Gasteiger partial charge in [0.1, 0.15) is 66.2 Å². The molecule has 0 unspecified atom stereocenters. The zero-order chi connectivity index (χ0) is 75.3. The molecule has 102 heavy (non-hydrogen) atoms. The molecule has 2 saturated heterocycles. The summed E-state index contributed by atoms with van der Waals surface area (Å²) in [6.07, 6.45) is -0.336. The number of allylic oxidation sites excluding steroid dienone is 2. The van der Waals surface area contributed by atoms with Gasteiger partial charge in [0.2, 0.25) is 59.1 Å². The quantitative estimate of drug-likeness (QED) is 0.0387. The summed E-state index contributed by atoms with van der Waals surface area (Å²) < 4.78 is 0. The van der Waals surface area contributed by atoms with Gasteiger partial charge in [0.15, 0.2) is 11.7 Å². The number of ketones is 1. The van der Waals surface area contributed by atoms with Gasteiger partial charge in [-0.25, -0.2) is 0 Å². The minimum Gasteiger partial charge on any atom is -0.511 e. The maximum Gasteiger partial charge on any atom is 0.305 e. The number of carbonyl (C=O) groups excluding carboxylic acids is 11. The molecule has 30 nitrogen and oxygen atoms in total. The van der Waals surface area contributed by atoms with Crippen molar-refractivity contribution in [3.63, 3.8) is 0 Å². The number of hydrogen-bond donors (Lipinski definition) is 15. The van der Waals surface area contributed by atoms with Gasteiger partial charge in [0.05, 0.1) is 18.1 Å². The second-order valence-electron chi connectivity index (χ2n) is 28.9. The fourth-order valence-electron chi connectivity index (χ4n) is 12.9. The molecular weight excluding hydrogens is 1310 g/mol. The average molecular weight is 1420 g/mol. The van der Waals surface area contributed by atoms with Crippen LogP contribution in [-0.4, -0.2) is 194 Å². The number of nitrogens with zero attached hydrogens (tertiary/aromatic N) is 3. The first-order valence-electron chi connectivity index (χ1n) is 35.2. The van der Waals surface area contributed by atoms with E-state index in [0.717, 1.165) is 6.92 Å². The Labute approximate surface area is 594 Å². The molecule has 1 aliphatic carbocycles. The Morgan fingerprint density at radius 1 is 0.588 bits per heavy atom. The third-order valence-corrected chi connectivity index (χ3v) is 18.1. The molecule has 1 aromatic heterocycles. The summed E-state index contributed by atoms with van der Waals surface area (Å²) in [7, 11) is 0. The number of aliphatic carboxylic acids is 1. The van der Waals surface area contributed by atoms with E-state index >= 15 is 19.2 Å². The smallest absolute Gasteiger partial charge is 0.305 e. The zero-order valence-electron chi connectivity index (χ0n) is 60.1. The van der Waals surface area contributed by atoms with Crippen molar-refractivity contribution in [3.8, 4) is 0 Å². The standard InChI is InChI=1S/C72H105N15O15/c1-38(2)30-49-63(95)82-51(32-43-20-12-11-13-21-43)65(97)78-47(24-16-17-27-75-41(7)58-55(89)35-72(9,10)36-56(58)90)62(94)85-59(40(5)6)68(100)79-48(25-18-28-76-71(73)74)61(93)80-50(31-39(3)4)64(96)84-53(33-44-37-77-46-23-15-14-22-45(44)46)70(102)87-29-19-26-54(87)67(99)86-60(42(8)88)69(101)83-52(34-57(91)92)66(98)81-49/h11-15,20-23,37-40,42,47-54,59-60,77,88-89H,16-19,24-36H2,1-10H3,(H,78,97)(H,79,100)(H,80,93)(H,81,98)(H,82,95)(H,83,101)(H,84,96)(H,85,94)(H,86,99)(H,91,92)(H4,73,74,76)/t42-,47-,48+,49+,50+,51-,52+,53-,54+,59+,60+/m1/s1. The zero-order valence-corrected chi connectivity index (χ0v) is 60.1. The van der Waals surface area contributed by atoms with Crippen LogP contribution in [0.25, 0.3) is 10.9 Å². The van der Waals surface area contributed by atoms with E-state index in [-0.39, 0.29) is 138 Å². The van der Waals surface area contributed by atoms with Crippen LogP contribution in [0, 0.1) is 23.2 Å². The first-order chi connectivity index (χ1) is 48.1. The van der Waals surface area contributed by atoms with E-state index < -0.39 is 149 Å². The molecule has 10 amide bonds. The van der Waals surface area contributed by atoms with Crippen LogP contribution in [-0.2, 0) is 70.4 Å². The maximum atomic E-state index is 15.2. The number of para-hydroxylation sites is 1. The van der Waals surface area contributed by atoms with Crippen LogP contribution in [0.4, 0.5) is 0 Å². The fourth-order valence-corrected chi connectivity index (χ4v) is 12.9. The van der Waals surface area contributed by atoms with Crippen molar-refractivity contribution in [3.05, 3.63) is 83.3 Å². The van der Waals surface area contributed by atoms with Crippen molar-refractivity contribution >= 4 is 93.4 Å². The van der Waals surface area contributed by atoms with Crippen LogP contribution in [0.3, 0.4) is 0 Å². The number of carboxylic acids is 1. The Morgan fingerprint density at radius 3 is 1.70 bits per heavy atom. The molecule has 0 bridgehead atoms. The highest BCUT2D eigenvalue weighted by molar-refractivity contribution is 6.22. The summed E-state index contributed by atoms with van der Waals surface area (Å²) in [6, 6.07) is 0.511. The van der Waals surface area contributed by atoms with Gasteiger partial charge < -0.3 is 84.5 Å². The third-order valence-electron chi connectivity index (χ3n) is 18.1. The van der Waals surface area contributed by atoms with Gasteiger partial charge in [-0.3, -0.25) is 67.5 Å². The molecule has 2 aromatic carbocycles. The molecular formula is C72H105N15O15. The molecule has 0 spiro atoms. The van der Waals surface area contributed by atoms with Gasteiger partial charge in [-0.15, -0.1) is 0 Å². The van der Waals surface area contributed by atoms with E-state index in [0.29, 0.717) is 27.7 Å². The Balaban J connectivity index is 1.45. The molecule has 3 aliphatic rings. The van der Waals surface area contributed by atoms with Crippen molar-refractivity contribution < 1.29 is 72.9 Å². The second kappa shape index (κ2) is 37.8. The van der Waals surface area contributed by atoms with Crippen molar-refractivity contribution in [2.75, 3.05) is 19.6 Å². The van der Waals surface area contributed by atoms with E-state index in [9.17, 15) is 53.7 Å². The summed E-state index contributed by atoms with van der Waals surface area (Å²) in [5, 5.41) is 57.0. The highest BCUT2D eigenvalue weighted by Crippen LogP contribution is 2.36. The van der Waals surface area contributed by atoms with Crippen LogP contribution in [0.1, 0.15) is 157 Å². The summed E-state index contributed by atoms with van der Waals surface area (Å²) in [5.41, 5.74) is 13.2. The number of Topliss-reactive ketones (excluding diaryl/α,β-unsaturated/α-hetero) is 1. The Kier molecular flexibility index (Phi) is 30.1. The number of carbonyl (C=O) groups is 12. The largest absolute Gasteiger partial charge is 0.511 e. The minimum absolute atomic E-state index is 0.00472. The van der Waals surface area contributed by atoms with E-state index in [1.54, 1.807) is 97.1 Å². The Bertz CT molecular complexity index is 3600. The fraction of sp³-hybridized carbons (Fsp3) is 0.583. The van der Waals surface area contributed by atoms with Crippen molar-refractivity contribution in [2.45, 2.75) is 226 Å². The number of aliphatic imine (C=N–C) groups is 2. The first kappa shape index (κ1) is 81.2. The second-order valence-corrected chi connectivity index (χ2v) is 28.9. The van der Waals surface area contributed by atoms with E-state index in [4.69, 9.17) is 11.5 Å². The molecule has 3 heterocycles. The number of nitrogens with one attached hydrogen (secondary N) is 10. The lowest BCUT2D eigenvalue weighted by atomic mass is 9.76. The molecule has 6 rings (SSSR count). The monoisotopic (exact) mass is 1420 g/mol. The van der Waals surface area contributed by atoms with E-state index in [2.05, 4.69) is 62.8 Å². The molecule has 3 aromatic rings. The number of fused-ring (bicyclic) bond motifs is 2. The maximum absolute atomic E-state index is 15.2. The lowest BCUT2D eigenvalue weighted by molar-refractivity contribution is -0.143. The number of H-pyrrole nitrogens is 1. The van der Waals surface area contributed by atoms with Crippen LogP contribution >= 0.6 is 0 Å². The van der Waals surface area contributed by atoms with Crippen LogP contribution < -0.4 is 59.3 Å².